The van der Waals surface area contributed by atoms with Crippen LogP contribution in [0.4, 0.5) is 0 Å². The summed E-state index contributed by atoms with van der Waals surface area (Å²) in [7, 11) is 5.15. The molecule has 1 aliphatic rings. The largest absolute Gasteiger partial charge is 0.497 e. The molecule has 5 nitrogen and oxygen atoms in total. The van der Waals surface area contributed by atoms with Gasteiger partial charge in [-0.2, -0.15) is 0 Å². The monoisotopic (exact) mass is 292 g/mol. The van der Waals surface area contributed by atoms with Crippen LogP contribution in [0.5, 0.6) is 11.5 Å². The number of benzene rings is 1. The SMILES string of the molecule is CNCCC(=O)N(Cc1cc(OC)ccc1OC)C1CC1. The van der Waals surface area contributed by atoms with E-state index in [1.165, 1.54) is 0 Å². The smallest absolute Gasteiger partial charge is 0.224 e. The van der Waals surface area contributed by atoms with Gasteiger partial charge in [0, 0.05) is 31.1 Å². The third-order valence-corrected chi connectivity index (χ3v) is 3.73. The fourth-order valence-electron chi connectivity index (χ4n) is 2.37. The molecule has 1 aromatic carbocycles. The lowest BCUT2D eigenvalue weighted by Gasteiger charge is -2.24. The number of hydrogen-bond acceptors (Lipinski definition) is 4. The predicted molar refractivity (Wildman–Crippen MR) is 81.7 cm³/mol. The number of nitrogens with zero attached hydrogens (tertiary/aromatic N) is 1. The highest BCUT2D eigenvalue weighted by molar-refractivity contribution is 5.77. The number of rotatable bonds is 8. The van der Waals surface area contributed by atoms with Gasteiger partial charge in [0.05, 0.1) is 14.2 Å². The van der Waals surface area contributed by atoms with Crippen molar-refractivity contribution < 1.29 is 14.3 Å². The molecule has 0 aliphatic heterocycles. The molecule has 0 unspecified atom stereocenters. The molecule has 0 radical (unpaired) electrons. The number of hydrogen-bond donors (Lipinski definition) is 1. The van der Waals surface area contributed by atoms with Crippen LogP contribution >= 0.6 is 0 Å². The van der Waals surface area contributed by atoms with Gasteiger partial charge in [0.25, 0.3) is 0 Å². The Morgan fingerprint density at radius 1 is 1.33 bits per heavy atom. The van der Waals surface area contributed by atoms with E-state index in [4.69, 9.17) is 9.47 Å². The Morgan fingerprint density at radius 3 is 2.67 bits per heavy atom. The molecule has 0 atom stereocenters. The lowest BCUT2D eigenvalue weighted by atomic mass is 10.1. The molecular weight excluding hydrogens is 268 g/mol. The van der Waals surface area contributed by atoms with Crippen LogP contribution in [0.25, 0.3) is 0 Å². The van der Waals surface area contributed by atoms with Gasteiger partial charge >= 0.3 is 0 Å². The van der Waals surface area contributed by atoms with Crippen molar-refractivity contribution >= 4 is 5.91 Å². The van der Waals surface area contributed by atoms with E-state index in [0.29, 0.717) is 25.6 Å². The summed E-state index contributed by atoms with van der Waals surface area (Å²) < 4.78 is 10.7. The second-order valence-corrected chi connectivity index (χ2v) is 5.28. The van der Waals surface area contributed by atoms with E-state index in [-0.39, 0.29) is 5.91 Å². The third-order valence-electron chi connectivity index (χ3n) is 3.73. The zero-order valence-electron chi connectivity index (χ0n) is 13.0. The van der Waals surface area contributed by atoms with Crippen LogP contribution in [0.3, 0.4) is 0 Å². The van der Waals surface area contributed by atoms with Crippen molar-refractivity contribution in [1.29, 1.82) is 0 Å². The zero-order valence-corrected chi connectivity index (χ0v) is 13.0. The maximum atomic E-state index is 12.4. The summed E-state index contributed by atoms with van der Waals surface area (Å²) in [6, 6.07) is 6.08. The first kappa shape index (κ1) is 15.6. The first-order valence-electron chi connectivity index (χ1n) is 7.34. The lowest BCUT2D eigenvalue weighted by molar-refractivity contribution is -0.132. The van der Waals surface area contributed by atoms with Gasteiger partial charge in [-0.3, -0.25) is 4.79 Å². The van der Waals surface area contributed by atoms with Crippen molar-refractivity contribution in [3.05, 3.63) is 23.8 Å². The molecule has 0 bridgehead atoms. The number of nitrogens with one attached hydrogen (secondary N) is 1. The summed E-state index contributed by atoms with van der Waals surface area (Å²) in [6.45, 7) is 1.28. The predicted octanol–water partition coefficient (Wildman–Crippen LogP) is 1.80. The van der Waals surface area contributed by atoms with Crippen LogP contribution in [0.2, 0.25) is 0 Å². The quantitative estimate of drug-likeness (QED) is 0.794. The molecule has 0 aromatic heterocycles. The molecule has 0 spiro atoms. The van der Waals surface area contributed by atoms with Crippen LogP contribution < -0.4 is 14.8 Å². The van der Waals surface area contributed by atoms with Crippen molar-refractivity contribution in [2.75, 3.05) is 27.8 Å². The molecule has 21 heavy (non-hydrogen) atoms. The van der Waals surface area contributed by atoms with E-state index >= 15 is 0 Å². The van der Waals surface area contributed by atoms with E-state index < -0.39 is 0 Å². The fourth-order valence-corrected chi connectivity index (χ4v) is 2.37. The topological polar surface area (TPSA) is 50.8 Å². The highest BCUT2D eigenvalue weighted by atomic mass is 16.5. The molecule has 1 aromatic rings. The maximum Gasteiger partial charge on any atom is 0.224 e. The highest BCUT2D eigenvalue weighted by Gasteiger charge is 2.32. The van der Waals surface area contributed by atoms with E-state index in [1.54, 1.807) is 14.2 Å². The minimum Gasteiger partial charge on any atom is -0.497 e. The Labute approximate surface area is 126 Å². The third kappa shape index (κ3) is 4.11. The Kier molecular flexibility index (Phi) is 5.44. The second kappa shape index (κ2) is 7.31. The Morgan fingerprint density at radius 2 is 2.10 bits per heavy atom. The van der Waals surface area contributed by atoms with Crippen molar-refractivity contribution in [3.8, 4) is 11.5 Å². The van der Waals surface area contributed by atoms with Crippen molar-refractivity contribution in [3.63, 3.8) is 0 Å². The molecule has 1 N–H and O–H groups in total. The first-order chi connectivity index (χ1) is 10.2. The highest BCUT2D eigenvalue weighted by Crippen LogP contribution is 2.32. The average Bonchev–Trinajstić information content (AvgIpc) is 3.34. The zero-order chi connectivity index (χ0) is 15.2. The number of ether oxygens (including phenoxy) is 2. The standard InChI is InChI=1S/C16H24N2O3/c1-17-9-8-16(19)18(13-4-5-13)11-12-10-14(20-2)6-7-15(12)21-3/h6-7,10,13,17H,4-5,8-9,11H2,1-3H3. The molecule has 116 valence electrons. The van der Waals surface area contributed by atoms with Gasteiger partial charge < -0.3 is 19.7 Å². The van der Waals surface area contributed by atoms with Crippen LogP contribution in [-0.4, -0.2) is 44.7 Å². The number of carbonyl (C=O) groups excluding carboxylic acids is 1. The lowest BCUT2D eigenvalue weighted by Crippen LogP contribution is -2.34. The van der Waals surface area contributed by atoms with Crippen molar-refractivity contribution in [2.24, 2.45) is 0 Å². The molecule has 2 rings (SSSR count). The molecule has 0 heterocycles. The summed E-state index contributed by atoms with van der Waals surface area (Å²) in [5.74, 6) is 1.77. The molecule has 1 aliphatic carbocycles. The van der Waals surface area contributed by atoms with Gasteiger partial charge in [-0.25, -0.2) is 0 Å². The van der Waals surface area contributed by atoms with Crippen molar-refractivity contribution in [2.45, 2.75) is 31.8 Å². The minimum absolute atomic E-state index is 0.191. The summed E-state index contributed by atoms with van der Waals surface area (Å²) in [4.78, 5) is 14.3. The van der Waals surface area contributed by atoms with Crippen molar-refractivity contribution in [1.82, 2.24) is 10.2 Å². The van der Waals surface area contributed by atoms with Crippen LogP contribution in [0.15, 0.2) is 18.2 Å². The van der Waals surface area contributed by atoms with E-state index in [0.717, 1.165) is 29.9 Å². The number of methoxy groups -OCH3 is 2. The fraction of sp³-hybridized carbons (Fsp3) is 0.562. The first-order valence-corrected chi connectivity index (χ1v) is 7.34. The molecular formula is C16H24N2O3. The number of amides is 1. The van der Waals surface area contributed by atoms with Crippen LogP contribution in [0.1, 0.15) is 24.8 Å². The minimum atomic E-state index is 0.191. The summed E-state index contributed by atoms with van der Waals surface area (Å²) in [6.07, 6.45) is 2.72. The Bertz CT molecular complexity index is 486. The van der Waals surface area contributed by atoms with Gasteiger partial charge in [0.15, 0.2) is 0 Å². The Hall–Kier alpha value is -1.75. The maximum absolute atomic E-state index is 12.4. The van der Waals surface area contributed by atoms with E-state index in [2.05, 4.69) is 5.32 Å². The second-order valence-electron chi connectivity index (χ2n) is 5.28. The van der Waals surface area contributed by atoms with Crippen LogP contribution in [-0.2, 0) is 11.3 Å². The van der Waals surface area contributed by atoms with E-state index in [9.17, 15) is 4.79 Å². The van der Waals surface area contributed by atoms with Crippen LogP contribution in [0, 0.1) is 0 Å². The molecule has 1 amide bonds. The van der Waals surface area contributed by atoms with Gasteiger partial charge in [-0.05, 0) is 38.1 Å². The van der Waals surface area contributed by atoms with Gasteiger partial charge in [-0.15, -0.1) is 0 Å². The van der Waals surface area contributed by atoms with Gasteiger partial charge in [0.2, 0.25) is 5.91 Å². The summed E-state index contributed by atoms with van der Waals surface area (Å²) in [5.41, 5.74) is 0.988. The Balaban J connectivity index is 2.14. The average molecular weight is 292 g/mol. The summed E-state index contributed by atoms with van der Waals surface area (Å²) >= 11 is 0. The molecule has 0 saturated heterocycles. The van der Waals surface area contributed by atoms with Gasteiger partial charge in [-0.1, -0.05) is 0 Å². The van der Waals surface area contributed by atoms with E-state index in [1.807, 2.05) is 30.1 Å². The van der Waals surface area contributed by atoms with Gasteiger partial charge in [0.1, 0.15) is 11.5 Å². The molecule has 5 heteroatoms. The normalized spacial score (nSPS) is 13.9. The molecule has 1 saturated carbocycles. The summed E-state index contributed by atoms with van der Waals surface area (Å²) in [5, 5.41) is 3.03. The molecule has 1 fully saturated rings. The number of carbonyl (C=O) groups is 1.